The van der Waals surface area contributed by atoms with E-state index in [2.05, 4.69) is 133 Å². The molecule has 2 heterocycles. The molecule has 8 aromatic rings. The molecule has 0 spiro atoms. The minimum absolute atomic E-state index is 0.564. The third kappa shape index (κ3) is 4.22. The molecule has 1 aliphatic heterocycles. The quantitative estimate of drug-likeness (QED) is 0.188. The fourth-order valence-corrected chi connectivity index (χ4v) is 7.85. The van der Waals surface area contributed by atoms with E-state index in [0.717, 1.165) is 56.0 Å². The third-order valence-corrected chi connectivity index (χ3v) is 10.0. The molecule has 1 aliphatic carbocycles. The Labute approximate surface area is 290 Å². The van der Waals surface area contributed by atoms with E-state index in [-0.39, 0.29) is 0 Å². The first-order valence-corrected chi connectivity index (χ1v) is 16.9. The molecular weight excluding hydrogens is 611 g/mol. The Kier molecular flexibility index (Phi) is 6.36. The van der Waals surface area contributed by atoms with Crippen molar-refractivity contribution in [1.82, 2.24) is 15.0 Å². The van der Waals surface area contributed by atoms with Crippen molar-refractivity contribution in [2.75, 3.05) is 0 Å². The lowest BCUT2D eigenvalue weighted by molar-refractivity contribution is 0.439. The number of rotatable bonds is 5. The van der Waals surface area contributed by atoms with Gasteiger partial charge in [0.25, 0.3) is 0 Å². The largest absolute Gasteiger partial charge is 0.456 e. The number of hydrogen-bond acceptors (Lipinski definition) is 4. The van der Waals surface area contributed by atoms with Gasteiger partial charge >= 0.3 is 0 Å². The van der Waals surface area contributed by atoms with Crippen molar-refractivity contribution in [3.05, 3.63) is 198 Å². The minimum atomic E-state index is -0.574. The summed E-state index contributed by atoms with van der Waals surface area (Å²) in [4.78, 5) is 15.4. The van der Waals surface area contributed by atoms with Crippen molar-refractivity contribution in [3.8, 4) is 67.9 Å². The van der Waals surface area contributed by atoms with E-state index in [4.69, 9.17) is 19.7 Å². The highest BCUT2D eigenvalue weighted by Crippen LogP contribution is 2.64. The first-order valence-electron chi connectivity index (χ1n) is 16.9. The first-order chi connectivity index (χ1) is 24.8. The molecule has 4 heteroatoms. The minimum Gasteiger partial charge on any atom is -0.456 e. The van der Waals surface area contributed by atoms with Crippen LogP contribution in [0.5, 0.6) is 11.5 Å². The van der Waals surface area contributed by atoms with Crippen LogP contribution in [0.4, 0.5) is 0 Å². The van der Waals surface area contributed by atoms with E-state index in [0.29, 0.717) is 17.5 Å². The molecule has 0 saturated heterocycles. The highest BCUT2D eigenvalue weighted by molar-refractivity contribution is 5.93. The maximum atomic E-state index is 7.00. The number of nitrogens with zero attached hydrogens (tertiary/aromatic N) is 3. The Morgan fingerprint density at radius 3 is 1.72 bits per heavy atom. The molecule has 0 N–H and O–H groups in total. The van der Waals surface area contributed by atoms with E-state index in [1.807, 2.05) is 42.5 Å². The number of benzene rings is 7. The van der Waals surface area contributed by atoms with Crippen molar-refractivity contribution in [2.24, 2.45) is 0 Å². The normalized spacial score (nSPS) is 15.0. The number of aromatic nitrogens is 3. The summed E-state index contributed by atoms with van der Waals surface area (Å²) in [7, 11) is 0. The van der Waals surface area contributed by atoms with Gasteiger partial charge in [0.15, 0.2) is 17.5 Å². The fourth-order valence-electron chi connectivity index (χ4n) is 7.85. The van der Waals surface area contributed by atoms with Crippen molar-refractivity contribution in [2.45, 2.75) is 5.41 Å². The van der Waals surface area contributed by atoms with Gasteiger partial charge in [-0.15, -0.1) is 0 Å². The van der Waals surface area contributed by atoms with Gasteiger partial charge in [-0.1, -0.05) is 158 Å². The first kappa shape index (κ1) is 28.4. The van der Waals surface area contributed by atoms with Crippen molar-refractivity contribution in [1.29, 1.82) is 0 Å². The van der Waals surface area contributed by atoms with E-state index in [1.54, 1.807) is 0 Å². The van der Waals surface area contributed by atoms with Crippen molar-refractivity contribution in [3.63, 3.8) is 0 Å². The highest BCUT2D eigenvalue weighted by atomic mass is 16.5. The zero-order chi connectivity index (χ0) is 33.1. The second-order valence-electron chi connectivity index (χ2n) is 12.7. The van der Waals surface area contributed by atoms with Gasteiger partial charge in [0.2, 0.25) is 0 Å². The second-order valence-corrected chi connectivity index (χ2v) is 12.7. The number of para-hydroxylation sites is 1. The topological polar surface area (TPSA) is 47.9 Å². The molecule has 7 aromatic carbocycles. The molecule has 0 fully saturated rings. The van der Waals surface area contributed by atoms with Crippen LogP contribution in [-0.2, 0) is 5.41 Å². The predicted octanol–water partition coefficient (Wildman–Crippen LogP) is 11.0. The summed E-state index contributed by atoms with van der Waals surface area (Å²) in [6.07, 6.45) is 0. The second kappa shape index (κ2) is 11.2. The molecule has 1 aromatic heterocycles. The summed E-state index contributed by atoms with van der Waals surface area (Å²) < 4.78 is 7.00. The molecule has 50 heavy (non-hydrogen) atoms. The van der Waals surface area contributed by atoms with Gasteiger partial charge in [-0.3, -0.25) is 0 Å². The molecular formula is C46H29N3O. The van der Waals surface area contributed by atoms with E-state index in [9.17, 15) is 0 Å². The lowest BCUT2D eigenvalue weighted by atomic mass is 9.66. The average molecular weight is 640 g/mol. The Morgan fingerprint density at radius 2 is 0.940 bits per heavy atom. The molecule has 0 amide bonds. The molecule has 234 valence electrons. The van der Waals surface area contributed by atoms with Gasteiger partial charge in [-0.05, 0) is 51.6 Å². The monoisotopic (exact) mass is 639 g/mol. The van der Waals surface area contributed by atoms with Gasteiger partial charge in [0, 0.05) is 22.3 Å². The van der Waals surface area contributed by atoms with E-state index < -0.39 is 5.41 Å². The Hall–Kier alpha value is -6.65. The molecule has 4 nitrogen and oxygen atoms in total. The van der Waals surface area contributed by atoms with Crippen LogP contribution in [0.1, 0.15) is 22.3 Å². The predicted molar refractivity (Wildman–Crippen MR) is 199 cm³/mol. The summed E-state index contributed by atoms with van der Waals surface area (Å²) in [5, 5.41) is 0. The number of hydrogen-bond donors (Lipinski definition) is 0. The van der Waals surface area contributed by atoms with E-state index >= 15 is 0 Å². The van der Waals surface area contributed by atoms with Crippen LogP contribution in [0.2, 0.25) is 0 Å². The average Bonchev–Trinajstić information content (AvgIpc) is 3.51. The summed E-state index contributed by atoms with van der Waals surface area (Å²) in [5.74, 6) is 3.38. The summed E-state index contributed by atoms with van der Waals surface area (Å²) in [6.45, 7) is 0. The van der Waals surface area contributed by atoms with E-state index in [1.165, 1.54) is 16.7 Å². The summed E-state index contributed by atoms with van der Waals surface area (Å²) in [5.41, 5.74) is 11.4. The summed E-state index contributed by atoms with van der Waals surface area (Å²) >= 11 is 0. The van der Waals surface area contributed by atoms with Crippen LogP contribution < -0.4 is 4.74 Å². The van der Waals surface area contributed by atoms with Crippen LogP contribution in [0.15, 0.2) is 176 Å². The summed E-state index contributed by atoms with van der Waals surface area (Å²) in [6, 6.07) is 61.2. The molecule has 10 rings (SSSR count). The molecule has 0 radical (unpaired) electrons. The molecule has 1 unspecified atom stereocenters. The fraction of sp³-hybridized carbons (Fsp3) is 0.0217. The third-order valence-electron chi connectivity index (χ3n) is 10.0. The smallest absolute Gasteiger partial charge is 0.167 e. The van der Waals surface area contributed by atoms with Gasteiger partial charge in [-0.2, -0.15) is 0 Å². The van der Waals surface area contributed by atoms with Gasteiger partial charge in [0.05, 0.1) is 11.0 Å². The lowest BCUT2D eigenvalue weighted by Gasteiger charge is -2.39. The Morgan fingerprint density at radius 1 is 0.380 bits per heavy atom. The van der Waals surface area contributed by atoms with Crippen molar-refractivity contribution >= 4 is 0 Å². The molecule has 0 bridgehead atoms. The zero-order valence-electron chi connectivity index (χ0n) is 27.0. The van der Waals surface area contributed by atoms with Crippen LogP contribution in [0, 0.1) is 0 Å². The Balaban J connectivity index is 1.25. The lowest BCUT2D eigenvalue weighted by Crippen LogP contribution is -2.32. The number of fused-ring (bicyclic) bond motifs is 5. The molecule has 0 saturated carbocycles. The SMILES string of the molecule is c1ccc(-c2cccc(-c3nc(-c4ccccc4)nc(-c4ccc5c6c4Oc4ccccc4C6(c4ccccc4)c4ccccc4-5)n3)c2)cc1. The van der Waals surface area contributed by atoms with Crippen LogP contribution >= 0.6 is 0 Å². The van der Waals surface area contributed by atoms with Gasteiger partial charge < -0.3 is 4.74 Å². The van der Waals surface area contributed by atoms with Crippen molar-refractivity contribution < 1.29 is 4.74 Å². The highest BCUT2D eigenvalue weighted by Gasteiger charge is 2.52. The van der Waals surface area contributed by atoms with Crippen LogP contribution in [0.3, 0.4) is 0 Å². The van der Waals surface area contributed by atoms with Crippen LogP contribution in [0.25, 0.3) is 56.4 Å². The van der Waals surface area contributed by atoms with Crippen LogP contribution in [-0.4, -0.2) is 15.0 Å². The maximum absolute atomic E-state index is 7.00. The number of ether oxygens (including phenoxy) is 1. The van der Waals surface area contributed by atoms with Gasteiger partial charge in [-0.25, -0.2) is 15.0 Å². The maximum Gasteiger partial charge on any atom is 0.167 e. The Bertz CT molecular complexity index is 2570. The molecule has 1 atom stereocenters. The van der Waals surface area contributed by atoms with Gasteiger partial charge in [0.1, 0.15) is 11.5 Å². The molecule has 2 aliphatic rings. The zero-order valence-corrected chi connectivity index (χ0v) is 27.0. The standard InChI is InChI=1S/C46H29N3O/c1-4-15-30(16-5-1)32-19-14-20-33(29-32)44-47-43(31-17-6-2-7-18-31)48-45(49-44)37-28-27-36-35-23-10-11-24-38(35)46(34-21-8-3-9-22-34)39-25-12-13-26-40(39)50-42(37)41(36)46/h1-29H.